The van der Waals surface area contributed by atoms with Gasteiger partial charge in [-0.25, -0.2) is 9.89 Å². The summed E-state index contributed by atoms with van der Waals surface area (Å²) in [6, 6.07) is 30.8. The van der Waals surface area contributed by atoms with Crippen LogP contribution in [0.1, 0.15) is 40.7 Å². The average molecular weight is 613 g/mol. The minimum absolute atomic E-state index is 0.0535. The van der Waals surface area contributed by atoms with Crippen LogP contribution < -0.4 is 9.64 Å². The Kier molecular flexibility index (Phi) is 9.59. The molecular formula is C35H32N8O3. The third kappa shape index (κ3) is 7.39. The summed E-state index contributed by atoms with van der Waals surface area (Å²) in [5.74, 6) is 0.988. The summed E-state index contributed by atoms with van der Waals surface area (Å²) in [6.45, 7) is 3.56. The van der Waals surface area contributed by atoms with Gasteiger partial charge in [0.15, 0.2) is 5.82 Å². The molecule has 0 saturated heterocycles. The lowest BCUT2D eigenvalue weighted by molar-refractivity contribution is 0.0468. The normalized spacial score (nSPS) is 10.8. The number of aromatic nitrogens is 7. The van der Waals surface area contributed by atoms with E-state index in [0.29, 0.717) is 41.9 Å². The molecule has 0 spiro atoms. The van der Waals surface area contributed by atoms with E-state index in [4.69, 9.17) is 14.5 Å². The van der Waals surface area contributed by atoms with Gasteiger partial charge in [0.2, 0.25) is 5.88 Å². The van der Waals surface area contributed by atoms with Crippen molar-refractivity contribution in [2.24, 2.45) is 0 Å². The van der Waals surface area contributed by atoms with Gasteiger partial charge >= 0.3 is 5.97 Å². The highest BCUT2D eigenvalue weighted by Gasteiger charge is 2.22. The number of H-pyrrole nitrogens is 1. The van der Waals surface area contributed by atoms with Crippen LogP contribution >= 0.6 is 0 Å². The van der Waals surface area contributed by atoms with Crippen molar-refractivity contribution in [3.05, 3.63) is 132 Å². The van der Waals surface area contributed by atoms with Gasteiger partial charge in [-0.05, 0) is 63.9 Å². The van der Waals surface area contributed by atoms with Gasteiger partial charge < -0.3 is 14.4 Å². The smallest absolute Gasteiger partial charge is 0.342 e. The SMILES string of the molecule is CCCN(Cc1ccc(-c2ccccc2-c2nnn[nH]2)cc1)c1nc(OCc2ccccn2)ccc1C(=O)OCc1ccccn1. The Hall–Kier alpha value is -5.97. The molecule has 0 bridgehead atoms. The lowest BCUT2D eigenvalue weighted by atomic mass is 9.98. The van der Waals surface area contributed by atoms with Gasteiger partial charge in [0.1, 0.15) is 24.6 Å². The molecule has 0 aliphatic carbocycles. The number of hydrogen-bond acceptors (Lipinski definition) is 10. The molecule has 6 aromatic rings. The van der Waals surface area contributed by atoms with E-state index in [-0.39, 0.29) is 13.2 Å². The molecular weight excluding hydrogens is 580 g/mol. The third-order valence-electron chi connectivity index (χ3n) is 7.20. The fourth-order valence-electron chi connectivity index (χ4n) is 5.00. The number of rotatable bonds is 13. The van der Waals surface area contributed by atoms with Gasteiger partial charge in [0.05, 0.1) is 11.4 Å². The van der Waals surface area contributed by atoms with Gasteiger partial charge in [-0.3, -0.25) is 9.97 Å². The van der Waals surface area contributed by atoms with E-state index in [0.717, 1.165) is 34.4 Å². The largest absolute Gasteiger partial charge is 0.471 e. The van der Waals surface area contributed by atoms with E-state index >= 15 is 0 Å². The maximum atomic E-state index is 13.4. The molecule has 2 aromatic carbocycles. The lowest BCUT2D eigenvalue weighted by Crippen LogP contribution is -2.27. The van der Waals surface area contributed by atoms with Crippen LogP contribution in [0.3, 0.4) is 0 Å². The fraction of sp³-hybridized carbons (Fsp3) is 0.171. The number of carbonyl (C=O) groups is 1. The molecule has 230 valence electrons. The van der Waals surface area contributed by atoms with Crippen molar-refractivity contribution in [2.45, 2.75) is 33.1 Å². The zero-order valence-corrected chi connectivity index (χ0v) is 25.3. The zero-order chi connectivity index (χ0) is 31.6. The molecule has 0 atom stereocenters. The van der Waals surface area contributed by atoms with E-state index in [1.165, 1.54) is 0 Å². The van der Waals surface area contributed by atoms with E-state index in [9.17, 15) is 4.79 Å². The number of anilines is 1. The predicted octanol–water partition coefficient (Wildman–Crippen LogP) is 6.07. The molecule has 6 rings (SSSR count). The monoisotopic (exact) mass is 612 g/mol. The van der Waals surface area contributed by atoms with Crippen LogP contribution in [0, 0.1) is 0 Å². The number of benzene rings is 2. The van der Waals surface area contributed by atoms with E-state index in [1.54, 1.807) is 24.5 Å². The first-order valence-electron chi connectivity index (χ1n) is 15.0. The van der Waals surface area contributed by atoms with Crippen LogP contribution in [0.15, 0.2) is 109 Å². The van der Waals surface area contributed by atoms with Gasteiger partial charge in [-0.15, -0.1) is 5.10 Å². The summed E-state index contributed by atoms with van der Waals surface area (Å²) >= 11 is 0. The average Bonchev–Trinajstić information content (AvgIpc) is 3.66. The molecule has 0 fully saturated rings. The van der Waals surface area contributed by atoms with Crippen molar-refractivity contribution in [3.63, 3.8) is 0 Å². The van der Waals surface area contributed by atoms with Crippen molar-refractivity contribution >= 4 is 11.8 Å². The molecule has 0 amide bonds. The second-order valence-corrected chi connectivity index (χ2v) is 10.4. The first kappa shape index (κ1) is 30.1. The Balaban J connectivity index is 1.27. The minimum atomic E-state index is -0.487. The van der Waals surface area contributed by atoms with Crippen molar-refractivity contribution in [3.8, 4) is 28.4 Å². The minimum Gasteiger partial charge on any atom is -0.471 e. The number of pyridine rings is 3. The summed E-state index contributed by atoms with van der Waals surface area (Å²) in [6.07, 6.45) is 4.22. The Bertz CT molecular complexity index is 1850. The molecule has 0 aliphatic rings. The van der Waals surface area contributed by atoms with Gasteiger partial charge in [0.25, 0.3) is 0 Å². The quantitative estimate of drug-likeness (QED) is 0.153. The van der Waals surface area contributed by atoms with Crippen molar-refractivity contribution in [1.82, 2.24) is 35.6 Å². The Labute approximate surface area is 266 Å². The van der Waals surface area contributed by atoms with E-state index < -0.39 is 5.97 Å². The summed E-state index contributed by atoms with van der Waals surface area (Å²) in [4.78, 5) is 28.9. The Morgan fingerprint density at radius 1 is 0.804 bits per heavy atom. The van der Waals surface area contributed by atoms with Crippen LogP contribution in [0.25, 0.3) is 22.5 Å². The predicted molar refractivity (Wildman–Crippen MR) is 173 cm³/mol. The molecule has 11 heteroatoms. The van der Waals surface area contributed by atoms with Crippen LogP contribution in [0.4, 0.5) is 5.82 Å². The zero-order valence-electron chi connectivity index (χ0n) is 25.3. The number of ether oxygens (including phenoxy) is 2. The number of hydrogen-bond donors (Lipinski definition) is 1. The van der Waals surface area contributed by atoms with E-state index in [2.05, 4.69) is 66.7 Å². The number of esters is 1. The summed E-state index contributed by atoms with van der Waals surface area (Å²) in [5.41, 5.74) is 5.78. The van der Waals surface area contributed by atoms with Gasteiger partial charge in [-0.2, -0.15) is 4.98 Å². The summed E-state index contributed by atoms with van der Waals surface area (Å²) in [7, 11) is 0. The summed E-state index contributed by atoms with van der Waals surface area (Å²) in [5, 5.41) is 14.4. The molecule has 4 aromatic heterocycles. The van der Waals surface area contributed by atoms with Crippen molar-refractivity contribution in [2.75, 3.05) is 11.4 Å². The lowest BCUT2D eigenvalue weighted by Gasteiger charge is -2.26. The highest BCUT2D eigenvalue weighted by Crippen LogP contribution is 2.31. The second-order valence-electron chi connectivity index (χ2n) is 10.4. The number of nitrogens with zero attached hydrogens (tertiary/aromatic N) is 7. The Morgan fingerprint density at radius 2 is 1.52 bits per heavy atom. The molecule has 0 saturated carbocycles. The molecule has 11 nitrogen and oxygen atoms in total. The number of aromatic amines is 1. The highest BCUT2D eigenvalue weighted by atomic mass is 16.5. The highest BCUT2D eigenvalue weighted by molar-refractivity contribution is 5.95. The molecule has 0 aliphatic heterocycles. The van der Waals surface area contributed by atoms with Gasteiger partial charge in [-0.1, -0.05) is 67.6 Å². The standard InChI is InChI=1S/C35H32N8O3/c1-2-21-43(22-25-13-15-26(16-14-25)29-11-3-4-12-30(29)33-39-41-42-40-33)34-31(35(44)46-24-28-10-6-8-20-37-28)17-18-32(38-34)45-23-27-9-5-7-19-36-27/h3-20H,2,21-24H2,1H3,(H,39,40,41,42). The van der Waals surface area contributed by atoms with Crippen molar-refractivity contribution < 1.29 is 14.3 Å². The van der Waals surface area contributed by atoms with Crippen LogP contribution in [-0.4, -0.2) is 48.1 Å². The van der Waals surface area contributed by atoms with Crippen LogP contribution in [0.2, 0.25) is 0 Å². The molecule has 0 radical (unpaired) electrons. The molecule has 0 unspecified atom stereocenters. The Morgan fingerprint density at radius 3 is 2.20 bits per heavy atom. The summed E-state index contributed by atoms with van der Waals surface area (Å²) < 4.78 is 11.7. The van der Waals surface area contributed by atoms with Crippen molar-refractivity contribution in [1.29, 1.82) is 0 Å². The second kappa shape index (κ2) is 14.7. The number of tetrazole rings is 1. The fourth-order valence-corrected chi connectivity index (χ4v) is 5.00. The molecule has 46 heavy (non-hydrogen) atoms. The van der Waals surface area contributed by atoms with Crippen LogP contribution in [0.5, 0.6) is 5.88 Å². The van der Waals surface area contributed by atoms with E-state index in [1.807, 2.05) is 60.7 Å². The molecule has 4 heterocycles. The number of nitrogens with one attached hydrogen (secondary N) is 1. The van der Waals surface area contributed by atoms with Gasteiger partial charge in [0, 0.05) is 37.1 Å². The first-order valence-corrected chi connectivity index (χ1v) is 15.0. The maximum absolute atomic E-state index is 13.4. The molecule has 1 N–H and O–H groups in total. The topological polar surface area (TPSA) is 132 Å². The number of carbonyl (C=O) groups excluding carboxylic acids is 1. The maximum Gasteiger partial charge on any atom is 0.342 e. The first-order chi connectivity index (χ1) is 22.7. The third-order valence-corrected chi connectivity index (χ3v) is 7.20. The van der Waals surface area contributed by atoms with Crippen LogP contribution in [-0.2, 0) is 24.5 Å².